The summed E-state index contributed by atoms with van der Waals surface area (Å²) in [6.45, 7) is 3.71. The molecule has 116 valence electrons. The van der Waals surface area contributed by atoms with Crippen LogP contribution in [0.15, 0.2) is 42.5 Å². The molecule has 22 heavy (non-hydrogen) atoms. The third-order valence-electron chi connectivity index (χ3n) is 2.70. The molecule has 0 radical (unpaired) electrons. The van der Waals surface area contributed by atoms with Gasteiger partial charge in [-0.05, 0) is 38.1 Å². The summed E-state index contributed by atoms with van der Waals surface area (Å²) < 4.78 is 32.5. The lowest BCUT2D eigenvalue weighted by Crippen LogP contribution is -2.21. The number of urea groups is 1. The minimum atomic E-state index is -0.845. The Labute approximate surface area is 127 Å². The highest BCUT2D eigenvalue weighted by atomic mass is 19.1. The van der Waals surface area contributed by atoms with Crippen LogP contribution in [0.25, 0.3) is 0 Å². The van der Waals surface area contributed by atoms with Crippen LogP contribution in [-0.2, 0) is 0 Å². The Kier molecular flexibility index (Phi) is 4.93. The molecule has 0 fully saturated rings. The van der Waals surface area contributed by atoms with Gasteiger partial charge in [0.05, 0.1) is 11.8 Å². The van der Waals surface area contributed by atoms with Crippen molar-refractivity contribution in [3.8, 4) is 5.75 Å². The Morgan fingerprint density at radius 2 is 1.64 bits per heavy atom. The number of hydrogen-bond acceptors (Lipinski definition) is 2. The van der Waals surface area contributed by atoms with Gasteiger partial charge in [-0.15, -0.1) is 0 Å². The first-order chi connectivity index (χ1) is 10.5. The number of para-hydroxylation sites is 3. The van der Waals surface area contributed by atoms with Crippen molar-refractivity contribution < 1.29 is 18.3 Å². The Morgan fingerprint density at radius 1 is 1.00 bits per heavy atom. The number of rotatable bonds is 4. The summed E-state index contributed by atoms with van der Waals surface area (Å²) in [6.07, 6.45) is -0.0741. The summed E-state index contributed by atoms with van der Waals surface area (Å²) >= 11 is 0. The second-order valence-electron chi connectivity index (χ2n) is 4.84. The zero-order valence-corrected chi connectivity index (χ0v) is 12.2. The van der Waals surface area contributed by atoms with Crippen LogP contribution in [0.1, 0.15) is 13.8 Å². The standard InChI is InChI=1S/C16H16F2N2O2/c1-10(2)22-14-9-4-3-8-13(14)19-16(21)20-15-11(17)6-5-7-12(15)18/h3-10H,1-2H3,(H2,19,20,21). The second kappa shape index (κ2) is 6.89. The van der Waals surface area contributed by atoms with Gasteiger partial charge in [0.25, 0.3) is 0 Å². The van der Waals surface area contributed by atoms with E-state index in [1.165, 1.54) is 6.07 Å². The van der Waals surface area contributed by atoms with Gasteiger partial charge in [-0.2, -0.15) is 0 Å². The van der Waals surface area contributed by atoms with Crippen molar-refractivity contribution in [3.05, 3.63) is 54.1 Å². The SMILES string of the molecule is CC(C)Oc1ccccc1NC(=O)Nc1c(F)cccc1F. The van der Waals surface area contributed by atoms with Gasteiger partial charge >= 0.3 is 6.03 Å². The third kappa shape index (κ3) is 3.94. The monoisotopic (exact) mass is 306 g/mol. The molecule has 0 aliphatic carbocycles. The van der Waals surface area contributed by atoms with E-state index in [1.54, 1.807) is 24.3 Å². The van der Waals surface area contributed by atoms with Crippen molar-refractivity contribution >= 4 is 17.4 Å². The minimum absolute atomic E-state index is 0.0741. The van der Waals surface area contributed by atoms with Crippen LogP contribution in [0.2, 0.25) is 0 Å². The molecule has 2 aromatic carbocycles. The summed E-state index contributed by atoms with van der Waals surface area (Å²) in [5.41, 5.74) is -0.0901. The Hall–Kier alpha value is -2.63. The average Bonchev–Trinajstić information content (AvgIpc) is 2.45. The Morgan fingerprint density at radius 3 is 2.27 bits per heavy atom. The van der Waals surface area contributed by atoms with Crippen LogP contribution < -0.4 is 15.4 Å². The Bertz CT molecular complexity index is 655. The van der Waals surface area contributed by atoms with Crippen LogP contribution in [0.5, 0.6) is 5.75 Å². The molecule has 0 spiro atoms. The number of nitrogens with one attached hydrogen (secondary N) is 2. The molecule has 0 aromatic heterocycles. The highest BCUT2D eigenvalue weighted by Crippen LogP contribution is 2.25. The van der Waals surface area contributed by atoms with E-state index in [1.807, 2.05) is 13.8 Å². The summed E-state index contributed by atoms with van der Waals surface area (Å²) in [5, 5.41) is 4.66. The van der Waals surface area contributed by atoms with Crippen LogP contribution in [0, 0.1) is 11.6 Å². The molecular formula is C16H16F2N2O2. The average molecular weight is 306 g/mol. The third-order valence-corrected chi connectivity index (χ3v) is 2.70. The second-order valence-corrected chi connectivity index (χ2v) is 4.84. The molecule has 0 atom stereocenters. The molecule has 0 bridgehead atoms. The maximum atomic E-state index is 13.5. The molecule has 2 rings (SSSR count). The highest BCUT2D eigenvalue weighted by Gasteiger charge is 2.13. The number of hydrogen-bond donors (Lipinski definition) is 2. The van der Waals surface area contributed by atoms with E-state index in [9.17, 15) is 13.6 Å². The predicted octanol–water partition coefficient (Wildman–Crippen LogP) is 4.40. The summed E-state index contributed by atoms with van der Waals surface area (Å²) in [5.74, 6) is -1.22. The van der Waals surface area contributed by atoms with Crippen molar-refractivity contribution in [3.63, 3.8) is 0 Å². The van der Waals surface area contributed by atoms with Crippen LogP contribution >= 0.6 is 0 Å². The molecule has 4 nitrogen and oxygen atoms in total. The van der Waals surface area contributed by atoms with Crippen LogP contribution in [-0.4, -0.2) is 12.1 Å². The predicted molar refractivity (Wildman–Crippen MR) is 81.2 cm³/mol. The Balaban J connectivity index is 2.13. The van der Waals surface area contributed by atoms with E-state index < -0.39 is 23.4 Å². The topological polar surface area (TPSA) is 50.4 Å². The zero-order chi connectivity index (χ0) is 16.1. The first-order valence-electron chi connectivity index (χ1n) is 6.75. The van der Waals surface area contributed by atoms with E-state index in [2.05, 4.69) is 10.6 Å². The number of halogens is 2. The van der Waals surface area contributed by atoms with Crippen molar-refractivity contribution in [1.82, 2.24) is 0 Å². The van der Waals surface area contributed by atoms with Crippen molar-refractivity contribution in [2.24, 2.45) is 0 Å². The molecule has 0 saturated heterocycles. The van der Waals surface area contributed by atoms with Gasteiger partial charge in [0.2, 0.25) is 0 Å². The zero-order valence-electron chi connectivity index (χ0n) is 12.2. The molecule has 2 amide bonds. The van der Waals surface area contributed by atoms with Gasteiger partial charge in [0, 0.05) is 0 Å². The fourth-order valence-electron chi connectivity index (χ4n) is 1.81. The van der Waals surface area contributed by atoms with Crippen molar-refractivity contribution in [2.75, 3.05) is 10.6 Å². The van der Waals surface area contributed by atoms with Crippen molar-refractivity contribution in [2.45, 2.75) is 20.0 Å². The highest BCUT2D eigenvalue weighted by molar-refractivity contribution is 6.00. The van der Waals surface area contributed by atoms with E-state index in [0.29, 0.717) is 11.4 Å². The van der Waals surface area contributed by atoms with E-state index in [4.69, 9.17) is 4.74 Å². The summed E-state index contributed by atoms with van der Waals surface area (Å²) in [4.78, 5) is 11.9. The molecule has 2 N–H and O–H groups in total. The number of ether oxygens (including phenoxy) is 1. The minimum Gasteiger partial charge on any atom is -0.489 e. The molecule has 0 aliphatic rings. The smallest absolute Gasteiger partial charge is 0.323 e. The van der Waals surface area contributed by atoms with Crippen molar-refractivity contribution in [1.29, 1.82) is 0 Å². The molecule has 0 saturated carbocycles. The number of carbonyl (C=O) groups is 1. The van der Waals surface area contributed by atoms with E-state index in [0.717, 1.165) is 12.1 Å². The lowest BCUT2D eigenvalue weighted by atomic mass is 10.3. The summed E-state index contributed by atoms with van der Waals surface area (Å²) in [6, 6.07) is 9.39. The van der Waals surface area contributed by atoms with Gasteiger partial charge in [-0.1, -0.05) is 18.2 Å². The molecule has 2 aromatic rings. The van der Waals surface area contributed by atoms with E-state index in [-0.39, 0.29) is 6.10 Å². The quantitative estimate of drug-likeness (QED) is 0.880. The summed E-state index contributed by atoms with van der Waals surface area (Å²) in [7, 11) is 0. The molecule has 0 aliphatic heterocycles. The number of carbonyl (C=O) groups excluding carboxylic acids is 1. The lowest BCUT2D eigenvalue weighted by Gasteiger charge is -2.15. The maximum absolute atomic E-state index is 13.5. The normalized spacial score (nSPS) is 10.4. The van der Waals surface area contributed by atoms with Gasteiger partial charge in [-0.25, -0.2) is 13.6 Å². The van der Waals surface area contributed by atoms with Crippen LogP contribution in [0.3, 0.4) is 0 Å². The van der Waals surface area contributed by atoms with Gasteiger partial charge < -0.3 is 15.4 Å². The number of anilines is 2. The van der Waals surface area contributed by atoms with Gasteiger partial charge in [0.1, 0.15) is 23.1 Å². The fourth-order valence-corrected chi connectivity index (χ4v) is 1.81. The van der Waals surface area contributed by atoms with Gasteiger partial charge in [0.15, 0.2) is 0 Å². The molecular weight excluding hydrogens is 290 g/mol. The number of amides is 2. The molecule has 0 unspecified atom stereocenters. The van der Waals surface area contributed by atoms with Crippen LogP contribution in [0.4, 0.5) is 25.0 Å². The first-order valence-corrected chi connectivity index (χ1v) is 6.75. The first kappa shape index (κ1) is 15.8. The van der Waals surface area contributed by atoms with Gasteiger partial charge in [-0.3, -0.25) is 0 Å². The molecule has 6 heteroatoms. The maximum Gasteiger partial charge on any atom is 0.323 e. The fraction of sp³-hybridized carbons (Fsp3) is 0.188. The largest absolute Gasteiger partial charge is 0.489 e. The number of benzene rings is 2. The van der Waals surface area contributed by atoms with E-state index >= 15 is 0 Å². The lowest BCUT2D eigenvalue weighted by molar-refractivity contribution is 0.243. The molecule has 0 heterocycles.